The van der Waals surface area contributed by atoms with E-state index in [1.165, 1.54) is 11.0 Å². The standard InChI is InChI=1S/C10H12O2S/c1-2-3-8-4-5-9(13-8)6-7-10(11)12/h4-7H,2-3H2,1H3,(H,11,12)/b7-6+. The summed E-state index contributed by atoms with van der Waals surface area (Å²) in [7, 11) is 0. The van der Waals surface area contributed by atoms with E-state index in [1.807, 2.05) is 6.07 Å². The van der Waals surface area contributed by atoms with Gasteiger partial charge in [-0.2, -0.15) is 0 Å². The van der Waals surface area contributed by atoms with Crippen LogP contribution < -0.4 is 0 Å². The maximum Gasteiger partial charge on any atom is 0.328 e. The summed E-state index contributed by atoms with van der Waals surface area (Å²) in [6, 6.07) is 4.00. The maximum absolute atomic E-state index is 10.2. The van der Waals surface area contributed by atoms with Crippen LogP contribution in [0.2, 0.25) is 0 Å². The summed E-state index contributed by atoms with van der Waals surface area (Å²) < 4.78 is 0. The van der Waals surface area contributed by atoms with Gasteiger partial charge in [0.15, 0.2) is 0 Å². The first-order valence-corrected chi connectivity index (χ1v) is 5.03. The molecule has 0 aliphatic rings. The molecule has 1 aromatic heterocycles. The van der Waals surface area contributed by atoms with Crippen molar-refractivity contribution in [3.8, 4) is 0 Å². The average molecular weight is 196 g/mol. The predicted molar refractivity (Wildman–Crippen MR) is 55.0 cm³/mol. The summed E-state index contributed by atoms with van der Waals surface area (Å²) in [4.78, 5) is 12.5. The van der Waals surface area contributed by atoms with E-state index in [0.717, 1.165) is 17.7 Å². The first kappa shape index (κ1) is 9.99. The van der Waals surface area contributed by atoms with Gasteiger partial charge in [0.2, 0.25) is 0 Å². The summed E-state index contributed by atoms with van der Waals surface area (Å²) >= 11 is 1.65. The van der Waals surface area contributed by atoms with E-state index < -0.39 is 5.97 Å². The van der Waals surface area contributed by atoms with Gasteiger partial charge in [-0.3, -0.25) is 0 Å². The van der Waals surface area contributed by atoms with E-state index in [2.05, 4.69) is 13.0 Å². The zero-order chi connectivity index (χ0) is 9.68. The van der Waals surface area contributed by atoms with Gasteiger partial charge in [0.05, 0.1) is 0 Å². The molecule has 0 radical (unpaired) electrons. The highest BCUT2D eigenvalue weighted by Crippen LogP contribution is 2.19. The van der Waals surface area contributed by atoms with Gasteiger partial charge in [0.1, 0.15) is 0 Å². The number of carboxylic acid groups (broad SMARTS) is 1. The first-order chi connectivity index (χ1) is 6.22. The van der Waals surface area contributed by atoms with Crippen molar-refractivity contribution in [1.29, 1.82) is 0 Å². The van der Waals surface area contributed by atoms with Crippen molar-refractivity contribution < 1.29 is 9.90 Å². The molecule has 0 atom stereocenters. The molecule has 0 aliphatic carbocycles. The molecule has 0 unspecified atom stereocenters. The van der Waals surface area contributed by atoms with Crippen molar-refractivity contribution in [2.75, 3.05) is 0 Å². The van der Waals surface area contributed by atoms with Crippen LogP contribution in [-0.4, -0.2) is 11.1 Å². The van der Waals surface area contributed by atoms with Crippen LogP contribution in [0.4, 0.5) is 0 Å². The van der Waals surface area contributed by atoms with Gasteiger partial charge in [-0.15, -0.1) is 11.3 Å². The third-order valence-electron chi connectivity index (χ3n) is 1.57. The van der Waals surface area contributed by atoms with E-state index in [1.54, 1.807) is 17.4 Å². The van der Waals surface area contributed by atoms with Crippen LogP contribution in [0.3, 0.4) is 0 Å². The summed E-state index contributed by atoms with van der Waals surface area (Å²) in [6.07, 6.45) is 5.00. The number of hydrogen-bond acceptors (Lipinski definition) is 2. The molecule has 0 spiro atoms. The van der Waals surface area contributed by atoms with Gasteiger partial charge >= 0.3 is 5.97 Å². The normalized spacial score (nSPS) is 10.8. The molecule has 0 aliphatic heterocycles. The molecular formula is C10H12O2S. The molecule has 1 aromatic rings. The largest absolute Gasteiger partial charge is 0.478 e. The van der Waals surface area contributed by atoms with Crippen LogP contribution in [0.1, 0.15) is 23.1 Å². The Morgan fingerprint density at radius 2 is 2.38 bits per heavy atom. The number of hydrogen-bond donors (Lipinski definition) is 1. The Morgan fingerprint density at radius 1 is 1.62 bits per heavy atom. The third-order valence-corrected chi connectivity index (χ3v) is 2.68. The Hall–Kier alpha value is -1.09. The summed E-state index contributed by atoms with van der Waals surface area (Å²) in [5, 5.41) is 8.40. The highest BCUT2D eigenvalue weighted by Gasteiger charge is 1.96. The van der Waals surface area contributed by atoms with Gasteiger partial charge < -0.3 is 5.11 Å². The Bertz CT molecular complexity index is 312. The Labute approximate surface area is 81.5 Å². The van der Waals surface area contributed by atoms with Crippen molar-refractivity contribution >= 4 is 23.4 Å². The zero-order valence-corrected chi connectivity index (χ0v) is 8.30. The molecule has 70 valence electrons. The quantitative estimate of drug-likeness (QED) is 0.752. The fourth-order valence-electron chi connectivity index (χ4n) is 1.02. The zero-order valence-electron chi connectivity index (χ0n) is 7.49. The highest BCUT2D eigenvalue weighted by molar-refractivity contribution is 7.12. The third kappa shape index (κ3) is 3.42. The SMILES string of the molecule is CCCc1ccc(/C=C/C(=O)O)s1. The van der Waals surface area contributed by atoms with E-state index in [9.17, 15) is 4.79 Å². The molecule has 0 saturated carbocycles. The van der Waals surface area contributed by atoms with E-state index in [4.69, 9.17) is 5.11 Å². The molecule has 1 heterocycles. The predicted octanol–water partition coefficient (Wildman–Crippen LogP) is 2.80. The fraction of sp³-hybridized carbons (Fsp3) is 0.300. The lowest BCUT2D eigenvalue weighted by atomic mass is 10.3. The van der Waals surface area contributed by atoms with Crippen LogP contribution in [0.25, 0.3) is 6.08 Å². The molecule has 13 heavy (non-hydrogen) atoms. The maximum atomic E-state index is 10.2. The highest BCUT2D eigenvalue weighted by atomic mass is 32.1. The molecule has 0 bridgehead atoms. The van der Waals surface area contributed by atoms with Gasteiger partial charge in [-0.05, 0) is 24.6 Å². The number of carbonyl (C=O) groups is 1. The number of aliphatic carboxylic acids is 1. The average Bonchev–Trinajstić information content (AvgIpc) is 2.50. The monoisotopic (exact) mass is 196 g/mol. The topological polar surface area (TPSA) is 37.3 Å². The van der Waals surface area contributed by atoms with E-state index in [0.29, 0.717) is 0 Å². The van der Waals surface area contributed by atoms with Gasteiger partial charge in [-0.25, -0.2) is 4.79 Å². The van der Waals surface area contributed by atoms with Crippen LogP contribution in [0.15, 0.2) is 18.2 Å². The molecule has 0 saturated heterocycles. The Morgan fingerprint density at radius 3 is 3.00 bits per heavy atom. The number of thiophene rings is 1. The lowest BCUT2D eigenvalue weighted by Crippen LogP contribution is -1.84. The molecular weight excluding hydrogens is 184 g/mol. The molecule has 3 heteroatoms. The lowest BCUT2D eigenvalue weighted by molar-refractivity contribution is -0.131. The second-order valence-corrected chi connectivity index (χ2v) is 3.93. The minimum absolute atomic E-state index is 0.898. The summed E-state index contributed by atoms with van der Waals surface area (Å²) in [5.41, 5.74) is 0. The smallest absolute Gasteiger partial charge is 0.328 e. The van der Waals surface area contributed by atoms with Crippen molar-refractivity contribution in [2.45, 2.75) is 19.8 Å². The molecule has 1 N–H and O–H groups in total. The number of aryl methyl sites for hydroxylation is 1. The Balaban J connectivity index is 2.63. The van der Waals surface area contributed by atoms with E-state index >= 15 is 0 Å². The molecule has 1 rings (SSSR count). The molecule has 0 amide bonds. The molecule has 0 aromatic carbocycles. The minimum atomic E-state index is -0.898. The minimum Gasteiger partial charge on any atom is -0.478 e. The molecule has 0 fully saturated rings. The first-order valence-electron chi connectivity index (χ1n) is 4.22. The fourth-order valence-corrected chi connectivity index (χ4v) is 2.04. The van der Waals surface area contributed by atoms with Crippen molar-refractivity contribution in [1.82, 2.24) is 0 Å². The van der Waals surface area contributed by atoms with Crippen molar-refractivity contribution in [3.63, 3.8) is 0 Å². The van der Waals surface area contributed by atoms with Crippen LogP contribution in [0.5, 0.6) is 0 Å². The van der Waals surface area contributed by atoms with Crippen LogP contribution in [0, 0.1) is 0 Å². The Kier molecular flexibility index (Phi) is 3.71. The second-order valence-electron chi connectivity index (χ2n) is 2.73. The lowest BCUT2D eigenvalue weighted by Gasteiger charge is -1.87. The van der Waals surface area contributed by atoms with Crippen LogP contribution in [-0.2, 0) is 11.2 Å². The number of carboxylic acids is 1. The van der Waals surface area contributed by atoms with Gasteiger partial charge in [-0.1, -0.05) is 13.3 Å². The van der Waals surface area contributed by atoms with Gasteiger partial charge in [0.25, 0.3) is 0 Å². The molecule has 2 nitrogen and oxygen atoms in total. The van der Waals surface area contributed by atoms with Gasteiger partial charge in [0, 0.05) is 15.8 Å². The van der Waals surface area contributed by atoms with E-state index in [-0.39, 0.29) is 0 Å². The summed E-state index contributed by atoms with van der Waals surface area (Å²) in [5.74, 6) is -0.898. The van der Waals surface area contributed by atoms with Crippen molar-refractivity contribution in [3.05, 3.63) is 28.0 Å². The second kappa shape index (κ2) is 4.82. The summed E-state index contributed by atoms with van der Waals surface area (Å²) in [6.45, 7) is 2.13. The van der Waals surface area contributed by atoms with Crippen molar-refractivity contribution in [2.24, 2.45) is 0 Å². The van der Waals surface area contributed by atoms with Crippen LogP contribution >= 0.6 is 11.3 Å². The number of rotatable bonds is 4.